The number of amides is 1. The van der Waals surface area contributed by atoms with E-state index in [1.54, 1.807) is 12.5 Å². The first kappa shape index (κ1) is 15.8. The summed E-state index contributed by atoms with van der Waals surface area (Å²) in [5, 5.41) is 2.39. The van der Waals surface area contributed by atoms with Crippen LogP contribution in [0.5, 0.6) is 0 Å². The summed E-state index contributed by atoms with van der Waals surface area (Å²) in [5.74, 6) is 0.520. The molecule has 1 atom stereocenters. The number of fused-ring (bicyclic) bond motifs is 1. The van der Waals surface area contributed by atoms with Crippen molar-refractivity contribution in [3.05, 3.63) is 72.3 Å². The minimum atomic E-state index is 0.203. The Hall–Kier alpha value is -2.75. The Labute approximate surface area is 147 Å². The quantitative estimate of drug-likeness (QED) is 0.737. The van der Waals surface area contributed by atoms with Crippen molar-refractivity contribution >= 4 is 16.7 Å². The van der Waals surface area contributed by atoms with Crippen LogP contribution in [0.1, 0.15) is 30.0 Å². The maximum atomic E-state index is 12.8. The Morgan fingerprint density at radius 2 is 2.00 bits per heavy atom. The number of piperidine rings is 1. The Morgan fingerprint density at radius 3 is 2.84 bits per heavy atom. The van der Waals surface area contributed by atoms with Crippen LogP contribution in [-0.2, 0) is 11.2 Å². The zero-order valence-electron chi connectivity index (χ0n) is 14.1. The fourth-order valence-corrected chi connectivity index (χ4v) is 3.62. The third-order valence-corrected chi connectivity index (χ3v) is 4.97. The number of carbonyl (C=O) groups is 1. The van der Waals surface area contributed by atoms with Gasteiger partial charge in [-0.2, -0.15) is 0 Å². The monoisotopic (exact) mass is 331 g/mol. The first-order chi connectivity index (χ1) is 12.3. The molecule has 1 aliphatic heterocycles. The number of aromatic nitrogens is 2. The molecule has 1 saturated heterocycles. The normalized spacial score (nSPS) is 17.6. The summed E-state index contributed by atoms with van der Waals surface area (Å²) in [6.07, 6.45) is 5.93. The lowest BCUT2D eigenvalue weighted by atomic mass is 9.94. The van der Waals surface area contributed by atoms with Gasteiger partial charge in [0.1, 0.15) is 6.33 Å². The molecule has 4 heteroatoms. The van der Waals surface area contributed by atoms with Crippen molar-refractivity contribution in [2.24, 2.45) is 0 Å². The standard InChI is InChI=1S/C21H21N3O/c25-21(13-16-7-8-17-4-1-2-5-18(17)12-16)24-11-3-6-19(14-24)20-9-10-22-15-23-20/h1-2,4-5,7-10,12,15,19H,3,6,11,13-14H2/t19-/m0/s1. The maximum absolute atomic E-state index is 12.8. The van der Waals surface area contributed by atoms with E-state index in [0.717, 1.165) is 37.2 Å². The average Bonchev–Trinajstić information content (AvgIpc) is 2.69. The summed E-state index contributed by atoms with van der Waals surface area (Å²) in [6, 6.07) is 16.5. The largest absolute Gasteiger partial charge is 0.342 e. The van der Waals surface area contributed by atoms with E-state index in [2.05, 4.69) is 40.3 Å². The Bertz CT molecular complexity index is 878. The van der Waals surface area contributed by atoms with Gasteiger partial charge in [0.25, 0.3) is 0 Å². The van der Waals surface area contributed by atoms with Gasteiger partial charge in [0.15, 0.2) is 0 Å². The summed E-state index contributed by atoms with van der Waals surface area (Å²) in [6.45, 7) is 1.59. The molecule has 1 fully saturated rings. The first-order valence-corrected chi connectivity index (χ1v) is 8.81. The molecule has 25 heavy (non-hydrogen) atoms. The number of likely N-dealkylation sites (tertiary alicyclic amines) is 1. The molecule has 0 bridgehead atoms. The summed E-state index contributed by atoms with van der Waals surface area (Å²) < 4.78 is 0. The minimum Gasteiger partial charge on any atom is -0.342 e. The van der Waals surface area contributed by atoms with Gasteiger partial charge in [-0.1, -0.05) is 42.5 Å². The molecule has 2 aromatic carbocycles. The topological polar surface area (TPSA) is 46.1 Å². The van der Waals surface area contributed by atoms with Crippen molar-refractivity contribution < 1.29 is 4.79 Å². The van der Waals surface area contributed by atoms with Crippen LogP contribution >= 0.6 is 0 Å². The number of nitrogens with zero attached hydrogens (tertiary/aromatic N) is 3. The van der Waals surface area contributed by atoms with Crippen LogP contribution in [0.2, 0.25) is 0 Å². The predicted octanol–water partition coefficient (Wildman–Crippen LogP) is 3.58. The van der Waals surface area contributed by atoms with Gasteiger partial charge in [-0.3, -0.25) is 4.79 Å². The highest BCUT2D eigenvalue weighted by Crippen LogP contribution is 2.25. The van der Waals surface area contributed by atoms with Crippen molar-refractivity contribution in [1.82, 2.24) is 14.9 Å². The smallest absolute Gasteiger partial charge is 0.227 e. The molecule has 3 aromatic rings. The predicted molar refractivity (Wildman–Crippen MR) is 98.2 cm³/mol. The van der Waals surface area contributed by atoms with Crippen molar-refractivity contribution in [3.63, 3.8) is 0 Å². The first-order valence-electron chi connectivity index (χ1n) is 8.81. The highest BCUT2D eigenvalue weighted by atomic mass is 16.2. The summed E-state index contributed by atoms with van der Waals surface area (Å²) in [4.78, 5) is 23.1. The van der Waals surface area contributed by atoms with Gasteiger partial charge in [0.2, 0.25) is 5.91 Å². The molecule has 0 unspecified atom stereocenters. The second kappa shape index (κ2) is 7.01. The van der Waals surface area contributed by atoms with Gasteiger partial charge in [-0.25, -0.2) is 9.97 Å². The van der Waals surface area contributed by atoms with Crippen molar-refractivity contribution in [2.75, 3.05) is 13.1 Å². The van der Waals surface area contributed by atoms with Gasteiger partial charge in [0, 0.05) is 30.9 Å². The Kier molecular flexibility index (Phi) is 4.42. The van der Waals surface area contributed by atoms with E-state index in [9.17, 15) is 4.79 Å². The molecule has 126 valence electrons. The minimum absolute atomic E-state index is 0.203. The van der Waals surface area contributed by atoms with Crippen LogP contribution in [0.3, 0.4) is 0 Å². The van der Waals surface area contributed by atoms with Crippen LogP contribution in [0.25, 0.3) is 10.8 Å². The zero-order chi connectivity index (χ0) is 17.1. The maximum Gasteiger partial charge on any atom is 0.227 e. The van der Waals surface area contributed by atoms with Gasteiger partial charge in [-0.15, -0.1) is 0 Å². The highest BCUT2D eigenvalue weighted by Gasteiger charge is 2.25. The van der Waals surface area contributed by atoms with Gasteiger partial charge in [0.05, 0.1) is 6.42 Å². The highest BCUT2D eigenvalue weighted by molar-refractivity contribution is 5.85. The van der Waals surface area contributed by atoms with Crippen LogP contribution < -0.4 is 0 Å². The lowest BCUT2D eigenvalue weighted by Crippen LogP contribution is -2.40. The van der Waals surface area contributed by atoms with E-state index in [1.165, 1.54) is 10.8 Å². The van der Waals surface area contributed by atoms with Gasteiger partial charge < -0.3 is 4.90 Å². The summed E-state index contributed by atoms with van der Waals surface area (Å²) >= 11 is 0. The molecule has 0 radical (unpaired) electrons. The van der Waals surface area contributed by atoms with Gasteiger partial charge in [-0.05, 0) is 35.2 Å². The van der Waals surface area contributed by atoms with Gasteiger partial charge >= 0.3 is 0 Å². The summed E-state index contributed by atoms with van der Waals surface area (Å²) in [7, 11) is 0. The molecule has 2 heterocycles. The zero-order valence-corrected chi connectivity index (χ0v) is 14.1. The van der Waals surface area contributed by atoms with E-state index in [1.807, 2.05) is 23.1 Å². The fraction of sp³-hybridized carbons (Fsp3) is 0.286. The molecule has 4 nitrogen and oxygen atoms in total. The Balaban J connectivity index is 1.46. The molecular weight excluding hydrogens is 310 g/mol. The molecular formula is C21H21N3O. The van der Waals surface area contributed by atoms with Crippen molar-refractivity contribution in [1.29, 1.82) is 0 Å². The number of hydrogen-bond donors (Lipinski definition) is 0. The van der Waals surface area contributed by atoms with Crippen molar-refractivity contribution in [2.45, 2.75) is 25.2 Å². The molecule has 1 amide bonds. The summed E-state index contributed by atoms with van der Waals surface area (Å²) in [5.41, 5.74) is 2.12. The number of carbonyl (C=O) groups excluding carboxylic acids is 1. The molecule has 1 aliphatic rings. The second-order valence-electron chi connectivity index (χ2n) is 6.67. The average molecular weight is 331 g/mol. The Morgan fingerprint density at radius 1 is 1.12 bits per heavy atom. The molecule has 4 rings (SSSR count). The van der Waals surface area contributed by atoms with Crippen LogP contribution in [-0.4, -0.2) is 33.9 Å². The lowest BCUT2D eigenvalue weighted by Gasteiger charge is -2.32. The third-order valence-electron chi connectivity index (χ3n) is 4.97. The van der Waals surface area contributed by atoms with E-state index in [0.29, 0.717) is 12.3 Å². The van der Waals surface area contributed by atoms with E-state index >= 15 is 0 Å². The molecule has 1 aromatic heterocycles. The van der Waals surface area contributed by atoms with E-state index in [4.69, 9.17) is 0 Å². The van der Waals surface area contributed by atoms with Crippen molar-refractivity contribution in [3.8, 4) is 0 Å². The van der Waals surface area contributed by atoms with Crippen LogP contribution in [0.15, 0.2) is 61.1 Å². The number of benzene rings is 2. The second-order valence-corrected chi connectivity index (χ2v) is 6.67. The third kappa shape index (κ3) is 3.53. The van der Waals surface area contributed by atoms with E-state index in [-0.39, 0.29) is 5.91 Å². The molecule has 0 aliphatic carbocycles. The van der Waals surface area contributed by atoms with Crippen LogP contribution in [0, 0.1) is 0 Å². The molecule has 0 spiro atoms. The number of rotatable bonds is 3. The SMILES string of the molecule is O=C(Cc1ccc2ccccc2c1)N1CCC[C@H](c2ccncn2)C1. The lowest BCUT2D eigenvalue weighted by molar-refractivity contribution is -0.131. The van der Waals surface area contributed by atoms with E-state index < -0.39 is 0 Å². The van der Waals surface area contributed by atoms with Crippen LogP contribution in [0.4, 0.5) is 0 Å². The molecule has 0 N–H and O–H groups in total. The fourth-order valence-electron chi connectivity index (χ4n) is 3.62. The molecule has 0 saturated carbocycles. The number of hydrogen-bond acceptors (Lipinski definition) is 3.